The summed E-state index contributed by atoms with van der Waals surface area (Å²) < 4.78 is 33.2. The van der Waals surface area contributed by atoms with Crippen molar-refractivity contribution in [3.8, 4) is 5.75 Å². The molecule has 0 N–H and O–H groups in total. The molecule has 3 rings (SSSR count). The number of hydrogen-bond acceptors (Lipinski definition) is 5. The Kier molecular flexibility index (Phi) is 6.71. The van der Waals surface area contributed by atoms with Gasteiger partial charge in [-0.25, -0.2) is 8.42 Å². The Hall–Kier alpha value is -2.64. The number of sulfonamides is 1. The predicted molar refractivity (Wildman–Crippen MR) is 109 cm³/mol. The number of carboxylic acids is 1. The first-order chi connectivity index (χ1) is 13.9. The quantitative estimate of drug-likeness (QED) is 0.648. The van der Waals surface area contributed by atoms with E-state index in [2.05, 4.69) is 12.1 Å². The van der Waals surface area contributed by atoms with Gasteiger partial charge in [-0.15, -0.1) is 0 Å². The van der Waals surface area contributed by atoms with Crippen molar-refractivity contribution in [3.05, 3.63) is 65.7 Å². The Balaban J connectivity index is 1.75. The van der Waals surface area contributed by atoms with Crippen LogP contribution in [0, 0.1) is 5.92 Å². The molecule has 2 aromatic carbocycles. The fraction of sp³-hybridized carbons (Fsp3) is 0.318. The van der Waals surface area contributed by atoms with Gasteiger partial charge in [-0.3, -0.25) is 0 Å². The van der Waals surface area contributed by atoms with Crippen molar-refractivity contribution in [1.29, 1.82) is 0 Å². The minimum Gasteiger partial charge on any atom is -0.545 e. The molecule has 0 amide bonds. The maximum atomic E-state index is 13.2. The number of carbonyl (C=O) groups excluding carboxylic acids is 1. The first-order valence-electron chi connectivity index (χ1n) is 9.51. The summed E-state index contributed by atoms with van der Waals surface area (Å²) in [6.07, 6.45) is 4.70. The Morgan fingerprint density at radius 2 is 1.86 bits per heavy atom. The maximum absolute atomic E-state index is 13.2. The van der Waals surface area contributed by atoms with Crippen LogP contribution in [0.5, 0.6) is 5.75 Å². The molecule has 1 heterocycles. The lowest BCUT2D eigenvalue weighted by Crippen LogP contribution is -2.39. The Bertz CT molecular complexity index is 978. The molecule has 154 valence electrons. The van der Waals surface area contributed by atoms with E-state index in [0.29, 0.717) is 24.6 Å². The van der Waals surface area contributed by atoms with Gasteiger partial charge in [0.2, 0.25) is 10.0 Å². The van der Waals surface area contributed by atoms with Crippen LogP contribution in [0.2, 0.25) is 0 Å². The number of hydrogen-bond donors (Lipinski definition) is 0. The van der Waals surface area contributed by atoms with E-state index in [1.165, 1.54) is 35.2 Å². The van der Waals surface area contributed by atoms with Gasteiger partial charge in [0.25, 0.3) is 0 Å². The van der Waals surface area contributed by atoms with Crippen LogP contribution in [-0.4, -0.2) is 38.9 Å². The minimum absolute atomic E-state index is 0.0435. The molecule has 2 aromatic rings. The molecule has 0 aromatic heterocycles. The van der Waals surface area contributed by atoms with Crippen molar-refractivity contribution in [1.82, 2.24) is 4.31 Å². The van der Waals surface area contributed by atoms with Gasteiger partial charge in [0.15, 0.2) is 0 Å². The summed E-state index contributed by atoms with van der Waals surface area (Å²) in [5.41, 5.74) is 1.72. The van der Waals surface area contributed by atoms with Crippen LogP contribution >= 0.6 is 0 Å². The van der Waals surface area contributed by atoms with Gasteiger partial charge in [0.1, 0.15) is 10.6 Å². The van der Waals surface area contributed by atoms with Crippen molar-refractivity contribution in [2.45, 2.75) is 24.2 Å². The second kappa shape index (κ2) is 9.24. The van der Waals surface area contributed by atoms with Crippen LogP contribution in [-0.2, 0) is 21.2 Å². The van der Waals surface area contributed by atoms with E-state index in [9.17, 15) is 18.3 Å². The minimum atomic E-state index is -3.75. The largest absolute Gasteiger partial charge is 0.545 e. The number of carbonyl (C=O) groups is 1. The molecule has 0 unspecified atom stereocenters. The first-order valence-corrected chi connectivity index (χ1v) is 11.0. The number of methoxy groups -OCH3 is 1. The molecule has 1 aliphatic rings. The molecule has 1 fully saturated rings. The average Bonchev–Trinajstić information content (AvgIpc) is 2.73. The van der Waals surface area contributed by atoms with Crippen LogP contribution in [0.25, 0.3) is 6.08 Å². The number of rotatable bonds is 7. The number of benzene rings is 2. The van der Waals surface area contributed by atoms with Gasteiger partial charge in [0.05, 0.1) is 13.1 Å². The summed E-state index contributed by atoms with van der Waals surface area (Å²) in [6.45, 7) is 0.893. The zero-order valence-corrected chi connectivity index (χ0v) is 17.1. The molecule has 7 heteroatoms. The monoisotopic (exact) mass is 414 g/mol. The predicted octanol–water partition coefficient (Wildman–Crippen LogP) is 2.10. The summed E-state index contributed by atoms with van der Waals surface area (Å²) in [5, 5.41) is 10.6. The second-order valence-corrected chi connectivity index (χ2v) is 9.01. The third-order valence-electron chi connectivity index (χ3n) is 5.16. The van der Waals surface area contributed by atoms with Gasteiger partial charge in [-0.1, -0.05) is 42.5 Å². The molecular weight excluding hydrogens is 390 g/mol. The summed E-state index contributed by atoms with van der Waals surface area (Å²) in [6, 6.07) is 14.8. The van der Waals surface area contributed by atoms with Gasteiger partial charge in [0, 0.05) is 13.1 Å². The fourth-order valence-corrected chi connectivity index (χ4v) is 5.26. The number of nitrogens with zero attached hydrogens (tertiary/aromatic N) is 1. The molecule has 0 radical (unpaired) electrons. The van der Waals surface area contributed by atoms with Crippen molar-refractivity contribution >= 4 is 22.1 Å². The zero-order valence-electron chi connectivity index (χ0n) is 16.3. The van der Waals surface area contributed by atoms with Crippen molar-refractivity contribution in [2.24, 2.45) is 5.92 Å². The molecule has 0 aliphatic carbocycles. The summed E-state index contributed by atoms with van der Waals surface area (Å²) in [4.78, 5) is 10.7. The number of aliphatic carboxylic acids is 1. The van der Waals surface area contributed by atoms with Gasteiger partial charge < -0.3 is 14.6 Å². The number of piperidine rings is 1. The van der Waals surface area contributed by atoms with E-state index in [-0.39, 0.29) is 10.6 Å². The van der Waals surface area contributed by atoms with E-state index < -0.39 is 16.0 Å². The van der Waals surface area contributed by atoms with Crippen molar-refractivity contribution in [3.63, 3.8) is 0 Å². The fourth-order valence-electron chi connectivity index (χ4n) is 3.60. The third-order valence-corrected chi connectivity index (χ3v) is 7.08. The van der Waals surface area contributed by atoms with Crippen LogP contribution < -0.4 is 9.84 Å². The molecule has 29 heavy (non-hydrogen) atoms. The van der Waals surface area contributed by atoms with Gasteiger partial charge in [-0.2, -0.15) is 4.31 Å². The van der Waals surface area contributed by atoms with Crippen molar-refractivity contribution < 1.29 is 23.1 Å². The highest BCUT2D eigenvalue weighted by Crippen LogP contribution is 2.31. The molecule has 1 saturated heterocycles. The van der Waals surface area contributed by atoms with Crippen LogP contribution in [0.4, 0.5) is 0 Å². The maximum Gasteiger partial charge on any atom is 0.246 e. The molecule has 0 saturated carbocycles. The SMILES string of the molecule is COc1ccc(/C=C/C(=O)[O-])cc1S(=O)(=O)N1CCC(Cc2ccccc2)CC1. The molecule has 0 spiro atoms. The normalized spacial score (nSPS) is 16.2. The molecular formula is C22H24NO5S-. The summed E-state index contributed by atoms with van der Waals surface area (Å²) in [5.74, 6) is -0.657. The molecule has 6 nitrogen and oxygen atoms in total. The number of ether oxygens (including phenoxy) is 1. The van der Waals surface area contributed by atoms with E-state index in [1.54, 1.807) is 6.07 Å². The average molecular weight is 415 g/mol. The van der Waals surface area contributed by atoms with E-state index >= 15 is 0 Å². The summed E-state index contributed by atoms with van der Waals surface area (Å²) in [7, 11) is -2.34. The lowest BCUT2D eigenvalue weighted by molar-refractivity contribution is -0.297. The lowest BCUT2D eigenvalue weighted by atomic mass is 9.91. The van der Waals surface area contributed by atoms with Crippen molar-refractivity contribution in [2.75, 3.05) is 20.2 Å². The standard InChI is InChI=1S/C22H25NO5S/c1-28-20-9-7-18(8-10-22(24)25)16-21(20)29(26,27)23-13-11-19(12-14-23)15-17-5-3-2-4-6-17/h2-10,16,19H,11-15H2,1H3,(H,24,25)/p-1/b10-8+. The molecule has 0 bridgehead atoms. The van der Waals surface area contributed by atoms with E-state index in [0.717, 1.165) is 25.3 Å². The Labute approximate surface area is 171 Å². The topological polar surface area (TPSA) is 86.7 Å². The van der Waals surface area contributed by atoms with Crippen LogP contribution in [0.15, 0.2) is 59.5 Å². The first kappa shape index (κ1) is 21.1. The number of carboxylic acid groups (broad SMARTS) is 1. The third kappa shape index (κ3) is 5.25. The smallest absolute Gasteiger partial charge is 0.246 e. The van der Waals surface area contributed by atoms with Gasteiger partial charge >= 0.3 is 0 Å². The van der Waals surface area contributed by atoms with Crippen LogP contribution in [0.1, 0.15) is 24.0 Å². The van der Waals surface area contributed by atoms with Gasteiger partial charge in [-0.05, 0) is 54.5 Å². The van der Waals surface area contributed by atoms with E-state index in [4.69, 9.17) is 4.74 Å². The molecule has 0 atom stereocenters. The van der Waals surface area contributed by atoms with E-state index in [1.807, 2.05) is 18.2 Å². The molecule has 1 aliphatic heterocycles. The highest BCUT2D eigenvalue weighted by molar-refractivity contribution is 7.89. The zero-order chi connectivity index (χ0) is 20.9. The highest BCUT2D eigenvalue weighted by Gasteiger charge is 2.31. The second-order valence-electron chi connectivity index (χ2n) is 7.10. The highest BCUT2D eigenvalue weighted by atomic mass is 32.2. The summed E-state index contributed by atoms with van der Waals surface area (Å²) >= 11 is 0. The lowest BCUT2D eigenvalue weighted by Gasteiger charge is -2.31. The van der Waals surface area contributed by atoms with Crippen LogP contribution in [0.3, 0.4) is 0 Å². The Morgan fingerprint density at radius 3 is 2.48 bits per heavy atom. The Morgan fingerprint density at radius 1 is 1.17 bits per heavy atom.